The Bertz CT molecular complexity index is 869. The van der Waals surface area contributed by atoms with E-state index in [1.165, 1.54) is 0 Å². The number of H-pyrrole nitrogens is 1. The van der Waals surface area contributed by atoms with E-state index in [1.807, 2.05) is 40.8 Å². The smallest absolute Gasteiger partial charge is 0.257 e. The average Bonchev–Trinajstić information content (AvgIpc) is 3.33. The number of rotatable bonds is 3. The molecule has 128 valence electrons. The van der Waals surface area contributed by atoms with E-state index in [0.29, 0.717) is 12.1 Å². The standard InChI is InChI=1S/C18H20N6O/c1-13-15(10-20-22-13)18(25)23-8-3-4-14(11-23)16-5-2-6-17(21-16)24-9-7-19-12-24/h2,5-7,9-10,12,14H,3-4,8,11H2,1H3,(H,20,22)/t14-/m0/s1. The molecule has 0 saturated carbocycles. The number of hydrogen-bond donors (Lipinski definition) is 1. The van der Waals surface area contributed by atoms with Gasteiger partial charge in [-0.05, 0) is 31.9 Å². The van der Waals surface area contributed by atoms with Gasteiger partial charge < -0.3 is 4.90 Å². The lowest BCUT2D eigenvalue weighted by Gasteiger charge is -2.32. The molecule has 0 radical (unpaired) electrons. The van der Waals surface area contributed by atoms with Crippen molar-refractivity contribution < 1.29 is 4.79 Å². The summed E-state index contributed by atoms with van der Waals surface area (Å²) in [6.07, 6.45) is 8.98. The van der Waals surface area contributed by atoms with Crippen LogP contribution in [0.2, 0.25) is 0 Å². The zero-order valence-electron chi connectivity index (χ0n) is 14.1. The number of carbonyl (C=O) groups is 1. The minimum Gasteiger partial charge on any atom is -0.338 e. The molecule has 0 spiro atoms. The van der Waals surface area contributed by atoms with Gasteiger partial charge in [0.2, 0.25) is 0 Å². The predicted octanol–water partition coefficient (Wildman–Crippen LogP) is 2.32. The Balaban J connectivity index is 1.55. The predicted molar refractivity (Wildman–Crippen MR) is 92.6 cm³/mol. The lowest BCUT2D eigenvalue weighted by atomic mass is 9.94. The van der Waals surface area contributed by atoms with Gasteiger partial charge in [0, 0.05) is 42.8 Å². The van der Waals surface area contributed by atoms with Crippen molar-refractivity contribution in [3.8, 4) is 5.82 Å². The number of aromatic amines is 1. The number of aryl methyl sites for hydroxylation is 1. The fourth-order valence-electron chi connectivity index (χ4n) is 3.35. The van der Waals surface area contributed by atoms with E-state index in [2.05, 4.69) is 15.2 Å². The number of likely N-dealkylation sites (tertiary alicyclic amines) is 1. The topological polar surface area (TPSA) is 79.7 Å². The number of imidazole rings is 1. The second-order valence-electron chi connectivity index (χ2n) is 6.39. The van der Waals surface area contributed by atoms with Crippen molar-refractivity contribution in [3.05, 3.63) is 60.1 Å². The SMILES string of the molecule is Cc1[nH]ncc1C(=O)N1CCC[C@H](c2cccc(-n3ccnc3)n2)C1. The van der Waals surface area contributed by atoms with E-state index in [-0.39, 0.29) is 11.8 Å². The molecular formula is C18H20N6O. The van der Waals surface area contributed by atoms with Crippen molar-refractivity contribution in [3.63, 3.8) is 0 Å². The lowest BCUT2D eigenvalue weighted by Crippen LogP contribution is -2.39. The molecular weight excluding hydrogens is 316 g/mol. The molecule has 0 unspecified atom stereocenters. The van der Waals surface area contributed by atoms with Crippen LogP contribution in [0.4, 0.5) is 0 Å². The van der Waals surface area contributed by atoms with E-state index in [1.54, 1.807) is 18.7 Å². The summed E-state index contributed by atoms with van der Waals surface area (Å²) in [5, 5.41) is 6.80. The highest BCUT2D eigenvalue weighted by Crippen LogP contribution is 2.27. The maximum absolute atomic E-state index is 12.7. The van der Waals surface area contributed by atoms with Gasteiger partial charge in [-0.1, -0.05) is 6.07 Å². The fraction of sp³-hybridized carbons (Fsp3) is 0.333. The molecule has 0 bridgehead atoms. The molecule has 3 aromatic heterocycles. The first-order valence-electron chi connectivity index (χ1n) is 8.47. The quantitative estimate of drug-likeness (QED) is 0.796. The molecule has 7 nitrogen and oxygen atoms in total. The number of aromatic nitrogens is 5. The summed E-state index contributed by atoms with van der Waals surface area (Å²) >= 11 is 0. The highest BCUT2D eigenvalue weighted by Gasteiger charge is 2.27. The van der Waals surface area contributed by atoms with Gasteiger partial charge in [-0.2, -0.15) is 5.10 Å². The number of hydrogen-bond acceptors (Lipinski definition) is 4. The van der Waals surface area contributed by atoms with Crippen molar-refractivity contribution in [2.45, 2.75) is 25.7 Å². The molecule has 1 saturated heterocycles. The van der Waals surface area contributed by atoms with Gasteiger partial charge in [-0.15, -0.1) is 0 Å². The van der Waals surface area contributed by atoms with Gasteiger partial charge in [0.05, 0.1) is 11.8 Å². The highest BCUT2D eigenvalue weighted by atomic mass is 16.2. The van der Waals surface area contributed by atoms with E-state index in [0.717, 1.165) is 36.6 Å². The largest absolute Gasteiger partial charge is 0.338 e. The molecule has 25 heavy (non-hydrogen) atoms. The van der Waals surface area contributed by atoms with E-state index in [4.69, 9.17) is 4.98 Å². The zero-order chi connectivity index (χ0) is 17.2. The second-order valence-corrected chi connectivity index (χ2v) is 6.39. The van der Waals surface area contributed by atoms with Gasteiger partial charge in [0.15, 0.2) is 0 Å². The molecule has 4 rings (SSSR count). The molecule has 1 N–H and O–H groups in total. The van der Waals surface area contributed by atoms with Crippen molar-refractivity contribution in [2.24, 2.45) is 0 Å². The van der Waals surface area contributed by atoms with Crippen molar-refractivity contribution in [2.75, 3.05) is 13.1 Å². The second kappa shape index (κ2) is 6.51. The Morgan fingerprint density at radius 1 is 1.36 bits per heavy atom. The minimum absolute atomic E-state index is 0.0433. The highest BCUT2D eigenvalue weighted by molar-refractivity contribution is 5.95. The molecule has 0 aliphatic carbocycles. The minimum atomic E-state index is 0.0433. The Kier molecular flexibility index (Phi) is 4.05. The van der Waals surface area contributed by atoms with Gasteiger partial charge >= 0.3 is 0 Å². The Labute approximate surface area is 145 Å². The van der Waals surface area contributed by atoms with Crippen LogP contribution in [0.25, 0.3) is 5.82 Å². The van der Waals surface area contributed by atoms with Crippen molar-refractivity contribution >= 4 is 5.91 Å². The molecule has 1 fully saturated rings. The van der Waals surface area contributed by atoms with Crippen LogP contribution >= 0.6 is 0 Å². The Hall–Kier alpha value is -2.96. The summed E-state index contributed by atoms with van der Waals surface area (Å²) in [5.74, 6) is 1.14. The number of amides is 1. The van der Waals surface area contributed by atoms with Gasteiger partial charge in [0.1, 0.15) is 12.1 Å². The summed E-state index contributed by atoms with van der Waals surface area (Å²) in [5.41, 5.74) is 2.49. The first-order chi connectivity index (χ1) is 12.2. The molecule has 1 aliphatic heterocycles. The number of carbonyl (C=O) groups excluding carboxylic acids is 1. The first kappa shape index (κ1) is 15.6. The lowest BCUT2D eigenvalue weighted by molar-refractivity contribution is 0.0705. The molecule has 3 aromatic rings. The summed E-state index contributed by atoms with van der Waals surface area (Å²) in [6.45, 7) is 3.34. The molecule has 1 atom stereocenters. The Morgan fingerprint density at radius 2 is 2.28 bits per heavy atom. The Morgan fingerprint density at radius 3 is 3.04 bits per heavy atom. The number of piperidine rings is 1. The average molecular weight is 336 g/mol. The summed E-state index contributed by atoms with van der Waals surface area (Å²) in [4.78, 5) is 23.5. The molecule has 1 amide bonds. The molecule has 0 aromatic carbocycles. The van der Waals surface area contributed by atoms with Crippen LogP contribution in [-0.2, 0) is 0 Å². The van der Waals surface area contributed by atoms with Crippen LogP contribution in [-0.4, -0.2) is 48.6 Å². The van der Waals surface area contributed by atoms with Crippen LogP contribution < -0.4 is 0 Å². The van der Waals surface area contributed by atoms with Gasteiger partial charge in [-0.25, -0.2) is 9.97 Å². The van der Waals surface area contributed by atoms with Crippen LogP contribution in [0.15, 0.2) is 43.1 Å². The number of pyridine rings is 1. The van der Waals surface area contributed by atoms with Gasteiger partial charge in [-0.3, -0.25) is 14.5 Å². The first-order valence-corrected chi connectivity index (χ1v) is 8.47. The normalized spacial score (nSPS) is 17.6. The molecule has 1 aliphatic rings. The fourth-order valence-corrected chi connectivity index (χ4v) is 3.35. The van der Waals surface area contributed by atoms with E-state index in [9.17, 15) is 4.79 Å². The molecule has 7 heteroatoms. The third-order valence-corrected chi connectivity index (χ3v) is 4.71. The van der Waals surface area contributed by atoms with E-state index >= 15 is 0 Å². The van der Waals surface area contributed by atoms with Crippen molar-refractivity contribution in [1.82, 2.24) is 29.6 Å². The summed E-state index contributed by atoms with van der Waals surface area (Å²) in [6, 6.07) is 6.02. The number of nitrogens with one attached hydrogen (secondary N) is 1. The van der Waals surface area contributed by atoms with Crippen LogP contribution in [0.1, 0.15) is 40.5 Å². The van der Waals surface area contributed by atoms with Crippen LogP contribution in [0.3, 0.4) is 0 Å². The third kappa shape index (κ3) is 3.05. The van der Waals surface area contributed by atoms with Crippen LogP contribution in [0, 0.1) is 6.92 Å². The van der Waals surface area contributed by atoms with E-state index < -0.39 is 0 Å². The van der Waals surface area contributed by atoms with Gasteiger partial charge in [0.25, 0.3) is 5.91 Å². The van der Waals surface area contributed by atoms with Crippen LogP contribution in [0.5, 0.6) is 0 Å². The molecule has 4 heterocycles. The third-order valence-electron chi connectivity index (χ3n) is 4.71. The zero-order valence-corrected chi connectivity index (χ0v) is 14.1. The number of nitrogens with zero attached hydrogens (tertiary/aromatic N) is 5. The summed E-state index contributed by atoms with van der Waals surface area (Å²) < 4.78 is 1.89. The maximum Gasteiger partial charge on any atom is 0.257 e. The monoisotopic (exact) mass is 336 g/mol. The van der Waals surface area contributed by atoms with Crippen molar-refractivity contribution in [1.29, 1.82) is 0 Å². The maximum atomic E-state index is 12.7. The summed E-state index contributed by atoms with van der Waals surface area (Å²) in [7, 11) is 0.